The van der Waals surface area contributed by atoms with Gasteiger partial charge in [-0.1, -0.05) is 6.92 Å². The van der Waals surface area contributed by atoms with Crippen LogP contribution in [0, 0.1) is 17.2 Å². The molecule has 17 heavy (non-hydrogen) atoms. The molecule has 0 amide bonds. The van der Waals surface area contributed by atoms with E-state index in [1.54, 1.807) is 0 Å². The van der Waals surface area contributed by atoms with Gasteiger partial charge in [-0.05, 0) is 38.0 Å². The zero-order valence-electron chi connectivity index (χ0n) is 10.5. The van der Waals surface area contributed by atoms with Crippen molar-refractivity contribution in [2.24, 2.45) is 5.92 Å². The third kappa shape index (κ3) is 3.61. The first-order valence-corrected chi connectivity index (χ1v) is 7.66. The summed E-state index contributed by atoms with van der Waals surface area (Å²) in [6, 6.07) is 3.14. The minimum atomic E-state index is -0.296. The molecule has 2 aliphatic carbocycles. The Morgan fingerprint density at radius 1 is 1.47 bits per heavy atom. The zero-order chi connectivity index (χ0) is 12.3. The Morgan fingerprint density at radius 3 is 2.65 bits per heavy atom. The van der Waals surface area contributed by atoms with Crippen LogP contribution >= 0.6 is 11.8 Å². The number of nitrogens with zero attached hydrogens (tertiary/aromatic N) is 1. The Labute approximate surface area is 108 Å². The second-order valence-corrected chi connectivity index (χ2v) is 6.84. The third-order valence-electron chi connectivity index (χ3n) is 3.64. The van der Waals surface area contributed by atoms with Crippen LogP contribution in [0.15, 0.2) is 0 Å². The van der Waals surface area contributed by atoms with Crippen LogP contribution in [0.1, 0.15) is 39.0 Å². The van der Waals surface area contributed by atoms with Gasteiger partial charge in [-0.25, -0.2) is 0 Å². The molecule has 96 valence electrons. The Bertz CT molecular complexity index is 296. The highest BCUT2D eigenvalue weighted by Crippen LogP contribution is 2.43. The molecule has 2 aliphatic rings. The highest BCUT2D eigenvalue weighted by molar-refractivity contribution is 7.99. The van der Waals surface area contributed by atoms with Crippen molar-refractivity contribution in [3.63, 3.8) is 0 Å². The van der Waals surface area contributed by atoms with E-state index in [2.05, 4.69) is 18.3 Å². The highest BCUT2D eigenvalue weighted by atomic mass is 32.2. The smallest absolute Gasteiger partial charge is 0.118 e. The Kier molecular flexibility index (Phi) is 4.35. The van der Waals surface area contributed by atoms with E-state index in [0.717, 1.165) is 12.2 Å². The second kappa shape index (κ2) is 5.60. The molecule has 0 bridgehead atoms. The van der Waals surface area contributed by atoms with Crippen molar-refractivity contribution >= 4 is 11.8 Å². The molecule has 2 saturated carbocycles. The minimum absolute atomic E-state index is 0.243. The SMILES string of the molecule is CC(CCO)SCC(C#N)(NC1CC1)C1CC1. The van der Waals surface area contributed by atoms with Crippen molar-refractivity contribution in [3.8, 4) is 6.07 Å². The van der Waals surface area contributed by atoms with Crippen molar-refractivity contribution < 1.29 is 5.11 Å². The summed E-state index contributed by atoms with van der Waals surface area (Å²) in [7, 11) is 0. The number of aliphatic hydroxyl groups excluding tert-OH is 1. The molecule has 3 nitrogen and oxygen atoms in total. The molecule has 0 aromatic rings. The van der Waals surface area contributed by atoms with E-state index in [4.69, 9.17) is 5.11 Å². The molecule has 2 fully saturated rings. The van der Waals surface area contributed by atoms with E-state index < -0.39 is 0 Å². The molecule has 2 unspecified atom stereocenters. The fourth-order valence-electron chi connectivity index (χ4n) is 2.14. The Balaban J connectivity index is 1.88. The lowest BCUT2D eigenvalue weighted by Gasteiger charge is -2.29. The van der Waals surface area contributed by atoms with Crippen LogP contribution in [0.25, 0.3) is 0 Å². The van der Waals surface area contributed by atoms with E-state index in [0.29, 0.717) is 17.2 Å². The van der Waals surface area contributed by atoms with Gasteiger partial charge in [0.15, 0.2) is 0 Å². The number of hydrogen-bond donors (Lipinski definition) is 2. The van der Waals surface area contributed by atoms with Crippen LogP contribution in [0.4, 0.5) is 0 Å². The Morgan fingerprint density at radius 2 is 2.18 bits per heavy atom. The van der Waals surface area contributed by atoms with Gasteiger partial charge in [0.05, 0.1) is 6.07 Å². The number of rotatable bonds is 8. The third-order valence-corrected chi connectivity index (χ3v) is 5.07. The van der Waals surface area contributed by atoms with Gasteiger partial charge in [-0.3, -0.25) is 5.32 Å². The standard InChI is InChI=1S/C13H22N2OS/c1-10(6-7-16)17-9-13(8-14,11-2-3-11)15-12-4-5-12/h10-12,15-16H,2-7,9H2,1H3. The zero-order valence-corrected chi connectivity index (χ0v) is 11.3. The molecular formula is C13H22N2OS. The maximum Gasteiger partial charge on any atom is 0.118 e. The van der Waals surface area contributed by atoms with Gasteiger partial charge < -0.3 is 5.11 Å². The summed E-state index contributed by atoms with van der Waals surface area (Å²) in [6.45, 7) is 2.38. The molecule has 0 aromatic carbocycles. The number of hydrogen-bond acceptors (Lipinski definition) is 4. The van der Waals surface area contributed by atoms with Crippen molar-refractivity contribution in [2.45, 2.75) is 55.9 Å². The van der Waals surface area contributed by atoms with Crippen LogP contribution in [0.2, 0.25) is 0 Å². The number of nitrogens with one attached hydrogen (secondary N) is 1. The van der Waals surface area contributed by atoms with E-state index >= 15 is 0 Å². The normalized spacial score (nSPS) is 25.0. The largest absolute Gasteiger partial charge is 0.396 e. The van der Waals surface area contributed by atoms with Crippen LogP contribution < -0.4 is 5.32 Å². The fourth-order valence-corrected chi connectivity index (χ4v) is 3.34. The molecule has 0 saturated heterocycles. The van der Waals surface area contributed by atoms with Crippen LogP contribution in [0.3, 0.4) is 0 Å². The van der Waals surface area contributed by atoms with Crippen LogP contribution in [0.5, 0.6) is 0 Å². The average molecular weight is 254 g/mol. The summed E-state index contributed by atoms with van der Waals surface area (Å²) in [5.41, 5.74) is -0.296. The summed E-state index contributed by atoms with van der Waals surface area (Å²) in [4.78, 5) is 0. The molecule has 2 N–H and O–H groups in total. The maximum atomic E-state index is 9.53. The first kappa shape index (κ1) is 13.2. The predicted octanol–water partition coefficient (Wildman–Crippen LogP) is 1.91. The first-order valence-electron chi connectivity index (χ1n) is 6.61. The van der Waals surface area contributed by atoms with Crippen molar-refractivity contribution in [1.29, 1.82) is 5.26 Å². The molecular weight excluding hydrogens is 232 g/mol. The van der Waals surface area contributed by atoms with Gasteiger partial charge in [0.25, 0.3) is 0 Å². The topological polar surface area (TPSA) is 56.0 Å². The molecule has 4 heteroatoms. The van der Waals surface area contributed by atoms with Gasteiger partial charge >= 0.3 is 0 Å². The number of thioether (sulfide) groups is 1. The van der Waals surface area contributed by atoms with Gasteiger partial charge in [-0.15, -0.1) is 0 Å². The van der Waals surface area contributed by atoms with Crippen LogP contribution in [-0.4, -0.2) is 34.3 Å². The van der Waals surface area contributed by atoms with Gasteiger partial charge in [-0.2, -0.15) is 17.0 Å². The molecule has 0 heterocycles. The second-order valence-electron chi connectivity index (χ2n) is 5.41. The Hall–Kier alpha value is -0.240. The molecule has 2 atom stereocenters. The molecule has 2 rings (SSSR count). The van der Waals surface area contributed by atoms with Gasteiger partial charge in [0.1, 0.15) is 5.54 Å². The quantitative estimate of drug-likeness (QED) is 0.695. The predicted molar refractivity (Wildman–Crippen MR) is 70.8 cm³/mol. The lowest BCUT2D eigenvalue weighted by molar-refractivity contribution is 0.288. The summed E-state index contributed by atoms with van der Waals surface area (Å²) >= 11 is 1.83. The summed E-state index contributed by atoms with van der Waals surface area (Å²) in [6.07, 6.45) is 5.67. The fraction of sp³-hybridized carbons (Fsp3) is 0.923. The van der Waals surface area contributed by atoms with Gasteiger partial charge in [0, 0.05) is 23.7 Å². The molecule has 0 aromatic heterocycles. The highest BCUT2D eigenvalue weighted by Gasteiger charge is 2.48. The number of aliphatic hydroxyl groups is 1. The molecule has 0 aliphatic heterocycles. The monoisotopic (exact) mass is 254 g/mol. The lowest BCUT2D eigenvalue weighted by atomic mass is 9.97. The van der Waals surface area contributed by atoms with E-state index in [1.165, 1.54) is 25.7 Å². The molecule has 0 spiro atoms. The maximum absolute atomic E-state index is 9.53. The lowest BCUT2D eigenvalue weighted by Crippen LogP contribution is -2.50. The average Bonchev–Trinajstić information content (AvgIpc) is 3.16. The summed E-state index contributed by atoms with van der Waals surface area (Å²) in [5, 5.41) is 22.4. The van der Waals surface area contributed by atoms with Crippen molar-refractivity contribution in [2.75, 3.05) is 12.4 Å². The first-order chi connectivity index (χ1) is 8.20. The molecule has 0 radical (unpaired) electrons. The summed E-state index contributed by atoms with van der Waals surface area (Å²) in [5.74, 6) is 1.42. The van der Waals surface area contributed by atoms with Crippen LogP contribution in [-0.2, 0) is 0 Å². The van der Waals surface area contributed by atoms with E-state index in [-0.39, 0.29) is 12.1 Å². The van der Waals surface area contributed by atoms with Crippen molar-refractivity contribution in [1.82, 2.24) is 5.32 Å². The van der Waals surface area contributed by atoms with E-state index in [9.17, 15) is 5.26 Å². The van der Waals surface area contributed by atoms with Crippen molar-refractivity contribution in [3.05, 3.63) is 0 Å². The van der Waals surface area contributed by atoms with E-state index in [1.807, 2.05) is 11.8 Å². The number of nitriles is 1. The van der Waals surface area contributed by atoms with Gasteiger partial charge in [0.2, 0.25) is 0 Å². The minimum Gasteiger partial charge on any atom is -0.396 e. The summed E-state index contributed by atoms with van der Waals surface area (Å²) < 4.78 is 0.